The number of allylic oxidation sites excluding steroid dienone is 5. The van der Waals surface area contributed by atoms with Crippen molar-refractivity contribution < 1.29 is 14.8 Å². The zero-order valence-electron chi connectivity index (χ0n) is 13.9. The van der Waals surface area contributed by atoms with Gasteiger partial charge in [0.25, 0.3) is 0 Å². The number of nitro groups is 1. The van der Waals surface area contributed by atoms with Gasteiger partial charge in [-0.05, 0) is 32.1 Å². The third-order valence-electron chi connectivity index (χ3n) is 3.28. The van der Waals surface area contributed by atoms with E-state index in [4.69, 9.17) is 5.11 Å². The van der Waals surface area contributed by atoms with Crippen LogP contribution in [0.3, 0.4) is 0 Å². The van der Waals surface area contributed by atoms with E-state index in [0.717, 1.165) is 51.4 Å². The average Bonchev–Trinajstić information content (AvgIpc) is 2.49. The Morgan fingerprint density at radius 2 is 1.35 bits per heavy atom. The molecule has 5 heteroatoms. The molecule has 0 fully saturated rings. The van der Waals surface area contributed by atoms with Gasteiger partial charge < -0.3 is 5.11 Å². The highest BCUT2D eigenvalue weighted by Crippen LogP contribution is 2.07. The van der Waals surface area contributed by atoms with Crippen LogP contribution >= 0.6 is 0 Å². The molecule has 23 heavy (non-hydrogen) atoms. The normalized spacial score (nSPS) is 11.8. The van der Waals surface area contributed by atoms with Crippen molar-refractivity contribution in [3.05, 3.63) is 46.6 Å². The molecule has 0 heterocycles. The first-order valence-electron chi connectivity index (χ1n) is 8.41. The summed E-state index contributed by atoms with van der Waals surface area (Å²) in [4.78, 5) is 20.1. The molecule has 0 rings (SSSR count). The van der Waals surface area contributed by atoms with Crippen molar-refractivity contribution in [2.75, 3.05) is 6.54 Å². The van der Waals surface area contributed by atoms with Crippen LogP contribution in [-0.2, 0) is 4.79 Å². The molecule has 0 aliphatic carbocycles. The van der Waals surface area contributed by atoms with E-state index < -0.39 is 5.97 Å². The number of hydrogen-bond donors (Lipinski definition) is 1. The highest BCUT2D eigenvalue weighted by Gasteiger charge is 1.95. The van der Waals surface area contributed by atoms with E-state index in [-0.39, 0.29) is 17.9 Å². The van der Waals surface area contributed by atoms with E-state index in [1.54, 1.807) is 0 Å². The second-order valence-corrected chi connectivity index (χ2v) is 5.43. The summed E-state index contributed by atoms with van der Waals surface area (Å²) >= 11 is 0. The van der Waals surface area contributed by atoms with Gasteiger partial charge in [0.05, 0.1) is 0 Å². The summed E-state index contributed by atoms with van der Waals surface area (Å²) in [6.45, 7) is 0.00249. The van der Waals surface area contributed by atoms with Crippen molar-refractivity contribution in [1.29, 1.82) is 0 Å². The van der Waals surface area contributed by atoms with E-state index in [1.807, 2.05) is 12.2 Å². The third kappa shape index (κ3) is 20.1. The summed E-state index contributed by atoms with van der Waals surface area (Å²) in [7, 11) is 0. The Balaban J connectivity index is 3.32. The van der Waals surface area contributed by atoms with Crippen molar-refractivity contribution in [3.8, 4) is 0 Å². The fourth-order valence-electron chi connectivity index (χ4n) is 2.03. The fourth-order valence-corrected chi connectivity index (χ4v) is 2.03. The minimum atomic E-state index is -0.701. The molecule has 130 valence electrons. The van der Waals surface area contributed by atoms with Gasteiger partial charge in [-0.1, -0.05) is 55.7 Å². The highest BCUT2D eigenvalue weighted by molar-refractivity contribution is 5.66. The molecule has 0 radical (unpaired) electrons. The number of unbranched alkanes of at least 4 members (excludes halogenated alkanes) is 5. The minimum Gasteiger partial charge on any atom is -0.481 e. The molecule has 0 saturated carbocycles. The number of carboxylic acids is 1. The maximum atomic E-state index is 10.3. The SMILES string of the molecule is O=C(O)CCCCCCCC=CCC=CCC=CCC[N+](=O)[O-]. The van der Waals surface area contributed by atoms with Gasteiger partial charge in [0.1, 0.15) is 0 Å². The number of carbonyl (C=O) groups is 1. The van der Waals surface area contributed by atoms with Crippen molar-refractivity contribution in [3.63, 3.8) is 0 Å². The van der Waals surface area contributed by atoms with Crippen LogP contribution < -0.4 is 0 Å². The number of aliphatic carboxylic acids is 1. The van der Waals surface area contributed by atoms with Crippen LogP contribution in [0.1, 0.15) is 64.2 Å². The number of carboxylic acid groups (broad SMARTS) is 1. The molecule has 0 aromatic carbocycles. The van der Waals surface area contributed by atoms with Crippen LogP contribution in [-0.4, -0.2) is 22.5 Å². The van der Waals surface area contributed by atoms with E-state index in [0.29, 0.717) is 6.42 Å². The standard InChI is InChI=1S/C18H29NO4/c20-18(21)16-14-12-10-8-6-4-2-1-3-5-7-9-11-13-15-17-19(22)23/h1-2,5,7,11,13H,3-4,6,8-10,12,14-17H2,(H,20,21). The fraction of sp³-hybridized carbons (Fsp3) is 0.611. The maximum Gasteiger partial charge on any atom is 0.303 e. The van der Waals surface area contributed by atoms with Crippen LogP contribution in [0.15, 0.2) is 36.5 Å². The highest BCUT2D eigenvalue weighted by atomic mass is 16.6. The molecule has 1 N–H and O–H groups in total. The van der Waals surface area contributed by atoms with Gasteiger partial charge in [0.2, 0.25) is 6.54 Å². The van der Waals surface area contributed by atoms with Crippen molar-refractivity contribution in [1.82, 2.24) is 0 Å². The monoisotopic (exact) mass is 323 g/mol. The Morgan fingerprint density at radius 3 is 1.96 bits per heavy atom. The van der Waals surface area contributed by atoms with Gasteiger partial charge in [-0.3, -0.25) is 14.9 Å². The second kappa shape index (κ2) is 16.5. The van der Waals surface area contributed by atoms with E-state index >= 15 is 0 Å². The van der Waals surface area contributed by atoms with Crippen LogP contribution in [0, 0.1) is 10.1 Å². The molecule has 0 atom stereocenters. The largest absolute Gasteiger partial charge is 0.481 e. The van der Waals surface area contributed by atoms with E-state index in [2.05, 4.69) is 24.3 Å². The molecule has 0 amide bonds. The lowest BCUT2D eigenvalue weighted by Gasteiger charge is -1.98. The number of hydrogen-bond acceptors (Lipinski definition) is 3. The molecule has 0 spiro atoms. The van der Waals surface area contributed by atoms with E-state index in [1.165, 1.54) is 0 Å². The van der Waals surface area contributed by atoms with Crippen LogP contribution in [0.2, 0.25) is 0 Å². The second-order valence-electron chi connectivity index (χ2n) is 5.43. The van der Waals surface area contributed by atoms with Gasteiger partial charge in [-0.2, -0.15) is 0 Å². The summed E-state index contributed by atoms with van der Waals surface area (Å²) in [5.41, 5.74) is 0. The van der Waals surface area contributed by atoms with E-state index in [9.17, 15) is 14.9 Å². The smallest absolute Gasteiger partial charge is 0.303 e. The lowest BCUT2D eigenvalue weighted by Crippen LogP contribution is -1.97. The zero-order chi connectivity index (χ0) is 17.2. The predicted octanol–water partition coefficient (Wildman–Crippen LogP) is 4.92. The lowest BCUT2D eigenvalue weighted by molar-refractivity contribution is -0.478. The first kappa shape index (κ1) is 21.1. The molecule has 0 aliphatic rings. The summed E-state index contributed by atoms with van der Waals surface area (Å²) in [6.07, 6.45) is 21.1. The summed E-state index contributed by atoms with van der Waals surface area (Å²) in [5.74, 6) is -0.701. The third-order valence-corrected chi connectivity index (χ3v) is 3.28. The molecule has 0 aromatic rings. The maximum absolute atomic E-state index is 10.3. The van der Waals surface area contributed by atoms with Gasteiger partial charge in [0, 0.05) is 17.8 Å². The van der Waals surface area contributed by atoms with Crippen molar-refractivity contribution >= 4 is 5.97 Å². The molecule has 0 aromatic heterocycles. The van der Waals surface area contributed by atoms with Crippen molar-refractivity contribution in [2.45, 2.75) is 64.2 Å². The Labute approximate surface area is 138 Å². The van der Waals surface area contributed by atoms with Gasteiger partial charge >= 0.3 is 5.97 Å². The van der Waals surface area contributed by atoms with Gasteiger partial charge in [-0.15, -0.1) is 0 Å². The van der Waals surface area contributed by atoms with Crippen LogP contribution in [0.4, 0.5) is 0 Å². The molecule has 0 bridgehead atoms. The summed E-state index contributed by atoms with van der Waals surface area (Å²) < 4.78 is 0. The minimum absolute atomic E-state index is 0.00249. The molecule has 0 aliphatic heterocycles. The van der Waals surface area contributed by atoms with Gasteiger partial charge in [-0.25, -0.2) is 0 Å². The first-order chi connectivity index (χ1) is 11.1. The zero-order valence-corrected chi connectivity index (χ0v) is 13.9. The topological polar surface area (TPSA) is 80.4 Å². The molecule has 5 nitrogen and oxygen atoms in total. The average molecular weight is 323 g/mol. The Hall–Kier alpha value is -1.91. The first-order valence-corrected chi connectivity index (χ1v) is 8.41. The summed E-state index contributed by atoms with van der Waals surface area (Å²) in [5, 5.41) is 18.6. The van der Waals surface area contributed by atoms with Crippen molar-refractivity contribution in [2.24, 2.45) is 0 Å². The van der Waals surface area contributed by atoms with Crippen LogP contribution in [0.25, 0.3) is 0 Å². The lowest BCUT2D eigenvalue weighted by atomic mass is 10.1. The van der Waals surface area contributed by atoms with Gasteiger partial charge in [0.15, 0.2) is 0 Å². The molecule has 0 unspecified atom stereocenters. The molecular weight excluding hydrogens is 294 g/mol. The molecular formula is C18H29NO4. The Morgan fingerprint density at radius 1 is 0.826 bits per heavy atom. The predicted molar refractivity (Wildman–Crippen MR) is 93.1 cm³/mol. The number of nitrogens with zero attached hydrogens (tertiary/aromatic N) is 1. The Bertz CT molecular complexity index is 400. The quantitative estimate of drug-likeness (QED) is 0.201. The Kier molecular flexibility index (Phi) is 15.1. The summed E-state index contributed by atoms with van der Waals surface area (Å²) in [6, 6.07) is 0. The molecule has 0 saturated heterocycles. The number of rotatable bonds is 15. The van der Waals surface area contributed by atoms with Crippen LogP contribution in [0.5, 0.6) is 0 Å².